The van der Waals surface area contributed by atoms with Gasteiger partial charge in [0.1, 0.15) is 6.61 Å². The van der Waals surface area contributed by atoms with Crippen molar-refractivity contribution < 1.29 is 24.2 Å². The van der Waals surface area contributed by atoms with Gasteiger partial charge < -0.3 is 20.5 Å². The minimum absolute atomic E-state index is 0.00148. The van der Waals surface area contributed by atoms with Crippen LogP contribution in [0.5, 0.6) is 0 Å². The van der Waals surface area contributed by atoms with E-state index in [2.05, 4.69) is 34.9 Å². The molecule has 7 heteroatoms. The average Bonchev–Trinajstić information content (AvgIpc) is 3.37. The third kappa shape index (κ3) is 6.21. The molecule has 0 spiro atoms. The number of benzene rings is 2. The summed E-state index contributed by atoms with van der Waals surface area (Å²) in [6.45, 7) is 4.00. The molecule has 0 bridgehead atoms. The molecule has 1 saturated carbocycles. The molecule has 35 heavy (non-hydrogen) atoms. The molecule has 3 N–H and O–H groups in total. The van der Waals surface area contributed by atoms with Crippen LogP contribution in [0.3, 0.4) is 0 Å². The monoisotopic (exact) mass is 478 g/mol. The lowest BCUT2D eigenvalue weighted by Gasteiger charge is -2.26. The molecule has 0 aromatic heterocycles. The molecule has 7 nitrogen and oxygen atoms in total. The quantitative estimate of drug-likeness (QED) is 0.478. The number of hydrogen-bond donors (Lipinski definition) is 3. The van der Waals surface area contributed by atoms with Gasteiger partial charge in [0, 0.05) is 30.3 Å². The highest BCUT2D eigenvalue weighted by Crippen LogP contribution is 2.44. The molecule has 2 amide bonds. The molecule has 1 fully saturated rings. The van der Waals surface area contributed by atoms with Crippen molar-refractivity contribution in [2.24, 2.45) is 5.92 Å². The van der Waals surface area contributed by atoms with Crippen LogP contribution in [-0.4, -0.2) is 41.3 Å². The van der Waals surface area contributed by atoms with Crippen LogP contribution in [0.4, 0.5) is 4.79 Å². The number of fused-ring (bicyclic) bond motifs is 3. The summed E-state index contributed by atoms with van der Waals surface area (Å²) in [4.78, 5) is 35.9. The van der Waals surface area contributed by atoms with Gasteiger partial charge in [-0.3, -0.25) is 9.59 Å². The number of carbonyl (C=O) groups is 3. The van der Waals surface area contributed by atoms with Crippen molar-refractivity contribution in [2.45, 2.75) is 69.9 Å². The predicted octanol–water partition coefficient (Wildman–Crippen LogP) is 4.84. The van der Waals surface area contributed by atoms with E-state index in [4.69, 9.17) is 9.84 Å². The first-order valence-corrected chi connectivity index (χ1v) is 12.4. The van der Waals surface area contributed by atoms with E-state index >= 15 is 0 Å². The molecule has 2 atom stereocenters. The van der Waals surface area contributed by atoms with Gasteiger partial charge in [-0.2, -0.15) is 0 Å². The van der Waals surface area contributed by atoms with Crippen LogP contribution in [0.25, 0.3) is 11.1 Å². The maximum atomic E-state index is 12.6. The van der Waals surface area contributed by atoms with E-state index < -0.39 is 17.6 Å². The number of carbonyl (C=O) groups excluding carboxylic acids is 2. The number of alkyl carbamates (subject to hydrolysis) is 1. The highest BCUT2D eigenvalue weighted by molar-refractivity contribution is 5.79. The Morgan fingerprint density at radius 3 is 2.26 bits per heavy atom. The summed E-state index contributed by atoms with van der Waals surface area (Å²) < 4.78 is 5.63. The number of carboxylic acids is 1. The van der Waals surface area contributed by atoms with E-state index in [1.54, 1.807) is 0 Å². The van der Waals surface area contributed by atoms with E-state index in [0.717, 1.165) is 24.0 Å². The van der Waals surface area contributed by atoms with Gasteiger partial charge >= 0.3 is 12.1 Å². The zero-order chi connectivity index (χ0) is 25.0. The lowest BCUT2D eigenvalue weighted by molar-refractivity contribution is -0.138. The molecule has 0 radical (unpaired) electrons. The summed E-state index contributed by atoms with van der Waals surface area (Å²) in [6, 6.07) is 16.4. The molecule has 0 saturated heterocycles. The zero-order valence-electron chi connectivity index (χ0n) is 20.4. The Hall–Kier alpha value is -3.35. The van der Waals surface area contributed by atoms with Gasteiger partial charge in [-0.25, -0.2) is 4.79 Å². The van der Waals surface area contributed by atoms with Gasteiger partial charge in [0.25, 0.3) is 0 Å². The summed E-state index contributed by atoms with van der Waals surface area (Å²) in [6.07, 6.45) is 2.75. The predicted molar refractivity (Wildman–Crippen MR) is 133 cm³/mol. The Morgan fingerprint density at radius 1 is 1.00 bits per heavy atom. The molecular formula is C28H34N2O5. The molecule has 2 aromatic carbocycles. The fourth-order valence-corrected chi connectivity index (χ4v) is 5.34. The molecular weight excluding hydrogens is 444 g/mol. The van der Waals surface area contributed by atoms with Crippen molar-refractivity contribution in [3.63, 3.8) is 0 Å². The standard InChI is InChI=1S/C28H34N2O5/c1-28(2,14-13-25(31)29-19-12-11-18(15-19)16-26(32)33)30-27(34)35-17-24-22-9-5-3-7-20(22)21-8-4-6-10-23(21)24/h3-10,18-19,24H,11-17H2,1-2H3,(H,29,31)(H,30,34)(H,32,33)/t18-,19+/m0/s1. The molecule has 186 valence electrons. The van der Waals surface area contributed by atoms with Gasteiger partial charge in [-0.15, -0.1) is 0 Å². The van der Waals surface area contributed by atoms with Crippen LogP contribution < -0.4 is 10.6 Å². The first-order chi connectivity index (χ1) is 16.7. The highest BCUT2D eigenvalue weighted by Gasteiger charge is 2.31. The van der Waals surface area contributed by atoms with Crippen molar-refractivity contribution in [2.75, 3.05) is 6.61 Å². The summed E-state index contributed by atoms with van der Waals surface area (Å²) in [5.41, 5.74) is 4.08. The third-order valence-corrected chi connectivity index (χ3v) is 7.13. The average molecular weight is 479 g/mol. The Kier molecular flexibility index (Phi) is 7.43. The van der Waals surface area contributed by atoms with Crippen molar-refractivity contribution in [3.05, 3.63) is 59.7 Å². The van der Waals surface area contributed by atoms with E-state index in [1.807, 2.05) is 38.1 Å². The van der Waals surface area contributed by atoms with Crippen molar-refractivity contribution in [3.8, 4) is 11.1 Å². The Bertz CT molecular complexity index is 1050. The van der Waals surface area contributed by atoms with Gasteiger partial charge in [-0.05, 0) is 67.7 Å². The van der Waals surface area contributed by atoms with E-state index in [0.29, 0.717) is 12.8 Å². The minimum atomic E-state index is -0.789. The number of aliphatic carboxylic acids is 1. The first kappa shape index (κ1) is 24.8. The van der Waals surface area contributed by atoms with Crippen LogP contribution in [-0.2, 0) is 14.3 Å². The second-order valence-electron chi connectivity index (χ2n) is 10.4. The van der Waals surface area contributed by atoms with Crippen molar-refractivity contribution in [1.82, 2.24) is 10.6 Å². The number of rotatable bonds is 9. The number of amides is 2. The van der Waals surface area contributed by atoms with Crippen LogP contribution in [0, 0.1) is 5.92 Å². The van der Waals surface area contributed by atoms with Crippen molar-refractivity contribution >= 4 is 18.0 Å². The van der Waals surface area contributed by atoms with Crippen LogP contribution in [0.2, 0.25) is 0 Å². The Labute approximate surface area is 206 Å². The number of hydrogen-bond acceptors (Lipinski definition) is 4. The fourth-order valence-electron chi connectivity index (χ4n) is 5.34. The second kappa shape index (κ2) is 10.5. The largest absolute Gasteiger partial charge is 0.481 e. The van der Waals surface area contributed by atoms with E-state index in [9.17, 15) is 14.4 Å². The first-order valence-electron chi connectivity index (χ1n) is 12.4. The third-order valence-electron chi connectivity index (χ3n) is 7.13. The van der Waals surface area contributed by atoms with E-state index in [1.165, 1.54) is 11.1 Å². The summed E-state index contributed by atoms with van der Waals surface area (Å²) in [5.74, 6) is -0.737. The SMILES string of the molecule is CC(C)(CCC(=O)N[C@@H]1CC[C@H](CC(=O)O)C1)NC(=O)OCC1c2ccccc2-c2ccccc21. The van der Waals surface area contributed by atoms with Crippen LogP contribution >= 0.6 is 0 Å². The van der Waals surface area contributed by atoms with Gasteiger partial charge in [-0.1, -0.05) is 48.5 Å². The molecule has 0 aliphatic heterocycles. The summed E-state index contributed by atoms with van der Waals surface area (Å²) in [5, 5.41) is 14.9. The number of nitrogens with one attached hydrogen (secondary N) is 2. The Balaban J connectivity index is 1.23. The van der Waals surface area contributed by atoms with Gasteiger partial charge in [0.05, 0.1) is 0 Å². The van der Waals surface area contributed by atoms with Gasteiger partial charge in [0.15, 0.2) is 0 Å². The molecule has 0 heterocycles. The minimum Gasteiger partial charge on any atom is -0.481 e. The fraction of sp³-hybridized carbons (Fsp3) is 0.464. The lowest BCUT2D eigenvalue weighted by Crippen LogP contribution is -2.45. The highest BCUT2D eigenvalue weighted by atomic mass is 16.5. The van der Waals surface area contributed by atoms with Crippen molar-refractivity contribution in [1.29, 1.82) is 0 Å². The Morgan fingerprint density at radius 2 is 1.63 bits per heavy atom. The topological polar surface area (TPSA) is 105 Å². The smallest absolute Gasteiger partial charge is 0.407 e. The number of ether oxygens (including phenoxy) is 1. The van der Waals surface area contributed by atoms with E-state index in [-0.39, 0.29) is 43.2 Å². The lowest BCUT2D eigenvalue weighted by atomic mass is 9.98. The molecule has 2 aromatic rings. The molecule has 0 unspecified atom stereocenters. The maximum absolute atomic E-state index is 12.6. The maximum Gasteiger partial charge on any atom is 0.407 e. The molecule has 2 aliphatic rings. The summed E-state index contributed by atoms with van der Waals surface area (Å²) >= 11 is 0. The second-order valence-corrected chi connectivity index (χ2v) is 10.4. The summed E-state index contributed by atoms with van der Waals surface area (Å²) in [7, 11) is 0. The number of carboxylic acid groups (broad SMARTS) is 1. The normalized spacial score (nSPS) is 19.0. The van der Waals surface area contributed by atoms with Crippen LogP contribution in [0.1, 0.15) is 69.4 Å². The molecule has 2 aliphatic carbocycles. The molecule has 4 rings (SSSR count). The zero-order valence-corrected chi connectivity index (χ0v) is 20.4. The van der Waals surface area contributed by atoms with Gasteiger partial charge in [0.2, 0.25) is 5.91 Å². The van der Waals surface area contributed by atoms with Crippen LogP contribution in [0.15, 0.2) is 48.5 Å².